The first-order valence-corrected chi connectivity index (χ1v) is 5.21. The minimum atomic E-state index is 0.646. The number of hydrogen-bond donors (Lipinski definition) is 1. The minimum Gasteiger partial charge on any atom is -0.329 e. The Labute approximate surface area is 76.1 Å². The van der Waals surface area contributed by atoms with Gasteiger partial charge in [-0.1, -0.05) is 12.8 Å². The van der Waals surface area contributed by atoms with E-state index < -0.39 is 0 Å². The third-order valence-corrected chi connectivity index (χ3v) is 2.86. The van der Waals surface area contributed by atoms with E-state index in [1.165, 1.54) is 32.2 Å². The highest BCUT2D eigenvalue weighted by Crippen LogP contribution is 2.17. The van der Waals surface area contributed by atoms with Gasteiger partial charge >= 0.3 is 0 Å². The highest BCUT2D eigenvalue weighted by atomic mass is 15.2. The van der Waals surface area contributed by atoms with E-state index in [9.17, 15) is 0 Å². The lowest BCUT2D eigenvalue weighted by Crippen LogP contribution is -2.44. The maximum Gasteiger partial charge on any atom is 0.0221 e. The van der Waals surface area contributed by atoms with Gasteiger partial charge in [-0.05, 0) is 33.2 Å². The Bertz CT molecular complexity index is 123. The Morgan fingerprint density at radius 3 is 2.67 bits per heavy atom. The van der Waals surface area contributed by atoms with Crippen molar-refractivity contribution in [3.63, 3.8) is 0 Å². The number of rotatable bonds is 2. The fourth-order valence-corrected chi connectivity index (χ4v) is 2.13. The molecule has 0 bridgehead atoms. The number of nitrogens with two attached hydrogens (primary N) is 1. The molecule has 1 rings (SSSR count). The second kappa shape index (κ2) is 4.83. The van der Waals surface area contributed by atoms with E-state index in [4.69, 9.17) is 5.73 Å². The lowest BCUT2D eigenvalue weighted by atomic mass is 10.1. The summed E-state index contributed by atoms with van der Waals surface area (Å²) in [4.78, 5) is 2.56. The molecule has 2 N–H and O–H groups in total. The zero-order valence-corrected chi connectivity index (χ0v) is 8.42. The fraction of sp³-hybridized carbons (Fsp3) is 1.00. The van der Waals surface area contributed by atoms with E-state index in [1.807, 2.05) is 0 Å². The van der Waals surface area contributed by atoms with E-state index >= 15 is 0 Å². The summed E-state index contributed by atoms with van der Waals surface area (Å²) in [6.07, 6.45) is 5.41. The van der Waals surface area contributed by atoms with Crippen molar-refractivity contribution in [3.8, 4) is 0 Å². The van der Waals surface area contributed by atoms with Crippen LogP contribution in [0.25, 0.3) is 0 Å². The van der Waals surface area contributed by atoms with Crippen molar-refractivity contribution in [1.29, 1.82) is 0 Å². The van der Waals surface area contributed by atoms with E-state index in [0.717, 1.165) is 6.54 Å². The maximum absolute atomic E-state index is 5.76. The number of likely N-dealkylation sites (tertiary alicyclic amines) is 1. The normalized spacial score (nSPS) is 27.5. The van der Waals surface area contributed by atoms with Gasteiger partial charge in [-0.3, -0.25) is 4.90 Å². The lowest BCUT2D eigenvalue weighted by Gasteiger charge is -2.32. The molecule has 0 aromatic heterocycles. The second-order valence-corrected chi connectivity index (χ2v) is 4.07. The minimum absolute atomic E-state index is 0.646. The topological polar surface area (TPSA) is 29.3 Å². The zero-order chi connectivity index (χ0) is 8.97. The molecule has 1 aliphatic rings. The number of hydrogen-bond acceptors (Lipinski definition) is 2. The molecule has 1 unspecified atom stereocenters. The second-order valence-electron chi connectivity index (χ2n) is 4.07. The Kier molecular flexibility index (Phi) is 4.02. The molecule has 0 radical (unpaired) electrons. The molecule has 1 fully saturated rings. The lowest BCUT2D eigenvalue weighted by molar-refractivity contribution is 0.161. The van der Waals surface area contributed by atoms with Crippen molar-refractivity contribution in [2.24, 2.45) is 5.73 Å². The zero-order valence-electron chi connectivity index (χ0n) is 8.42. The van der Waals surface area contributed by atoms with Crippen LogP contribution in [0, 0.1) is 0 Å². The first-order valence-electron chi connectivity index (χ1n) is 5.21. The standard InChI is InChI=1S/C10H22N2/c1-9(2)12-7-5-3-4-6-10(12)8-11/h9-10H,3-8,11H2,1-2H3. The Balaban J connectivity index is 2.51. The summed E-state index contributed by atoms with van der Waals surface area (Å²) >= 11 is 0. The van der Waals surface area contributed by atoms with Crippen molar-refractivity contribution in [1.82, 2.24) is 4.90 Å². The molecule has 1 heterocycles. The summed E-state index contributed by atoms with van der Waals surface area (Å²) in [6.45, 7) is 6.62. The predicted octanol–water partition coefficient (Wildman–Crippen LogP) is 1.60. The number of nitrogens with zero attached hydrogens (tertiary/aromatic N) is 1. The van der Waals surface area contributed by atoms with E-state index in [2.05, 4.69) is 18.7 Å². The largest absolute Gasteiger partial charge is 0.329 e. The molecule has 1 saturated heterocycles. The first kappa shape index (κ1) is 10.0. The molecular formula is C10H22N2. The Morgan fingerprint density at radius 2 is 2.08 bits per heavy atom. The summed E-state index contributed by atoms with van der Waals surface area (Å²) in [5.41, 5.74) is 5.76. The van der Waals surface area contributed by atoms with Gasteiger partial charge in [0.2, 0.25) is 0 Å². The van der Waals surface area contributed by atoms with Crippen LogP contribution in [-0.4, -0.2) is 30.1 Å². The molecule has 0 aromatic carbocycles. The molecule has 0 amide bonds. The van der Waals surface area contributed by atoms with Gasteiger partial charge in [0, 0.05) is 18.6 Å². The third-order valence-electron chi connectivity index (χ3n) is 2.86. The van der Waals surface area contributed by atoms with Crippen LogP contribution in [0.2, 0.25) is 0 Å². The summed E-state index contributed by atoms with van der Waals surface area (Å²) in [6, 6.07) is 1.31. The monoisotopic (exact) mass is 170 g/mol. The Morgan fingerprint density at radius 1 is 1.33 bits per heavy atom. The predicted molar refractivity (Wildman–Crippen MR) is 53.2 cm³/mol. The Hall–Kier alpha value is -0.0800. The van der Waals surface area contributed by atoms with Gasteiger partial charge < -0.3 is 5.73 Å². The smallest absolute Gasteiger partial charge is 0.0221 e. The first-order chi connectivity index (χ1) is 5.75. The van der Waals surface area contributed by atoms with E-state index in [1.54, 1.807) is 0 Å². The van der Waals surface area contributed by atoms with Gasteiger partial charge in [0.05, 0.1) is 0 Å². The molecule has 1 atom stereocenters. The van der Waals surface area contributed by atoms with Gasteiger partial charge in [0.15, 0.2) is 0 Å². The van der Waals surface area contributed by atoms with Crippen molar-refractivity contribution < 1.29 is 0 Å². The molecule has 72 valence electrons. The van der Waals surface area contributed by atoms with Crippen LogP contribution in [0.4, 0.5) is 0 Å². The SMILES string of the molecule is CC(C)N1CCCCCC1CN. The quantitative estimate of drug-likeness (QED) is 0.682. The average molecular weight is 170 g/mol. The molecule has 0 saturated carbocycles. The van der Waals surface area contributed by atoms with Crippen LogP contribution in [0.15, 0.2) is 0 Å². The van der Waals surface area contributed by atoms with Crippen molar-refractivity contribution >= 4 is 0 Å². The summed E-state index contributed by atoms with van der Waals surface area (Å²) in [7, 11) is 0. The third kappa shape index (κ3) is 2.46. The van der Waals surface area contributed by atoms with Gasteiger partial charge in [0.25, 0.3) is 0 Å². The van der Waals surface area contributed by atoms with E-state index in [0.29, 0.717) is 12.1 Å². The average Bonchev–Trinajstić information content (AvgIpc) is 2.27. The van der Waals surface area contributed by atoms with Crippen LogP contribution in [0.5, 0.6) is 0 Å². The highest BCUT2D eigenvalue weighted by molar-refractivity contribution is 4.78. The highest BCUT2D eigenvalue weighted by Gasteiger charge is 2.21. The van der Waals surface area contributed by atoms with Crippen molar-refractivity contribution in [2.75, 3.05) is 13.1 Å². The molecule has 1 aliphatic heterocycles. The molecule has 0 aromatic rings. The van der Waals surface area contributed by atoms with Crippen LogP contribution in [0.3, 0.4) is 0 Å². The van der Waals surface area contributed by atoms with Gasteiger partial charge in [0.1, 0.15) is 0 Å². The molecule has 2 heteroatoms. The molecule has 12 heavy (non-hydrogen) atoms. The molecule has 0 spiro atoms. The summed E-state index contributed by atoms with van der Waals surface area (Å²) in [5, 5.41) is 0. The fourth-order valence-electron chi connectivity index (χ4n) is 2.13. The van der Waals surface area contributed by atoms with Crippen LogP contribution in [0.1, 0.15) is 39.5 Å². The summed E-state index contributed by atoms with van der Waals surface area (Å²) in [5.74, 6) is 0. The van der Waals surface area contributed by atoms with Crippen molar-refractivity contribution in [3.05, 3.63) is 0 Å². The molecule has 2 nitrogen and oxygen atoms in total. The van der Waals surface area contributed by atoms with Gasteiger partial charge in [-0.15, -0.1) is 0 Å². The van der Waals surface area contributed by atoms with Gasteiger partial charge in [-0.2, -0.15) is 0 Å². The van der Waals surface area contributed by atoms with Crippen LogP contribution >= 0.6 is 0 Å². The summed E-state index contributed by atoms with van der Waals surface area (Å²) < 4.78 is 0. The van der Waals surface area contributed by atoms with E-state index in [-0.39, 0.29) is 0 Å². The maximum atomic E-state index is 5.76. The van der Waals surface area contributed by atoms with Crippen LogP contribution < -0.4 is 5.73 Å². The van der Waals surface area contributed by atoms with Crippen LogP contribution in [-0.2, 0) is 0 Å². The van der Waals surface area contributed by atoms with Crippen molar-refractivity contribution in [2.45, 2.75) is 51.6 Å². The van der Waals surface area contributed by atoms with Gasteiger partial charge in [-0.25, -0.2) is 0 Å². The molecular weight excluding hydrogens is 148 g/mol. The molecule has 0 aliphatic carbocycles.